The van der Waals surface area contributed by atoms with E-state index in [1.807, 2.05) is 30.3 Å². The molecule has 0 radical (unpaired) electrons. The molecule has 116 valence electrons. The van der Waals surface area contributed by atoms with Crippen LogP contribution >= 0.6 is 0 Å². The van der Waals surface area contributed by atoms with E-state index in [1.165, 1.54) is 6.20 Å². The highest BCUT2D eigenvalue weighted by molar-refractivity contribution is 5.75. The Kier molecular flexibility index (Phi) is 5.53. The predicted octanol–water partition coefficient (Wildman–Crippen LogP) is 0.539. The number of aromatic nitrogens is 2. The molecule has 7 nitrogen and oxygen atoms in total. The highest BCUT2D eigenvalue weighted by atomic mass is 16.5. The first-order chi connectivity index (χ1) is 10.6. The van der Waals surface area contributed by atoms with E-state index in [4.69, 9.17) is 4.74 Å². The van der Waals surface area contributed by atoms with Gasteiger partial charge in [-0.15, -0.1) is 0 Å². The van der Waals surface area contributed by atoms with Gasteiger partial charge in [0, 0.05) is 19.2 Å². The largest absolute Gasteiger partial charge is 0.494 e. The molecule has 0 fully saturated rings. The van der Waals surface area contributed by atoms with E-state index in [2.05, 4.69) is 15.3 Å². The summed E-state index contributed by atoms with van der Waals surface area (Å²) in [7, 11) is 0. The van der Waals surface area contributed by atoms with Crippen LogP contribution in [0.5, 0.6) is 5.75 Å². The van der Waals surface area contributed by atoms with Gasteiger partial charge in [0.25, 0.3) is 5.56 Å². The molecule has 0 aliphatic heterocycles. The number of rotatable bonds is 7. The summed E-state index contributed by atoms with van der Waals surface area (Å²) in [5.41, 5.74) is -0.775. The minimum absolute atomic E-state index is 0.0739. The molecule has 1 aromatic carbocycles. The zero-order valence-corrected chi connectivity index (χ0v) is 11.9. The molecule has 0 spiro atoms. The number of aromatic amines is 2. The lowest BCUT2D eigenvalue weighted by atomic mass is 10.3. The van der Waals surface area contributed by atoms with E-state index in [0.29, 0.717) is 25.0 Å². The summed E-state index contributed by atoms with van der Waals surface area (Å²) in [6.07, 6.45) is 2.16. The van der Waals surface area contributed by atoms with Gasteiger partial charge in [-0.3, -0.25) is 14.6 Å². The molecule has 0 atom stereocenters. The lowest BCUT2D eigenvalue weighted by Crippen LogP contribution is -2.30. The van der Waals surface area contributed by atoms with E-state index in [0.717, 1.165) is 5.75 Å². The van der Waals surface area contributed by atoms with Crippen molar-refractivity contribution in [3.63, 3.8) is 0 Å². The van der Waals surface area contributed by atoms with Crippen LogP contribution in [0.15, 0.2) is 46.1 Å². The van der Waals surface area contributed by atoms with Crippen molar-refractivity contribution in [1.29, 1.82) is 0 Å². The van der Waals surface area contributed by atoms with E-state index in [-0.39, 0.29) is 12.5 Å². The maximum atomic E-state index is 11.7. The van der Waals surface area contributed by atoms with E-state index in [1.54, 1.807) is 0 Å². The number of para-hydroxylation sites is 1. The molecular formula is C15H17N3O4. The third-order valence-electron chi connectivity index (χ3n) is 2.93. The molecule has 1 amide bonds. The Morgan fingerprint density at radius 2 is 1.95 bits per heavy atom. The molecular weight excluding hydrogens is 286 g/mol. The van der Waals surface area contributed by atoms with E-state index in [9.17, 15) is 14.4 Å². The van der Waals surface area contributed by atoms with Crippen molar-refractivity contribution >= 4 is 5.91 Å². The van der Waals surface area contributed by atoms with Gasteiger partial charge < -0.3 is 15.0 Å². The van der Waals surface area contributed by atoms with E-state index >= 15 is 0 Å². The Bertz CT molecular complexity index is 721. The summed E-state index contributed by atoms with van der Waals surface area (Å²) in [6, 6.07) is 9.36. The summed E-state index contributed by atoms with van der Waals surface area (Å²) in [6.45, 7) is 0.515. The Balaban J connectivity index is 1.68. The second kappa shape index (κ2) is 7.82. The maximum Gasteiger partial charge on any atom is 0.325 e. The van der Waals surface area contributed by atoms with Crippen LogP contribution in [0.2, 0.25) is 0 Å². The summed E-state index contributed by atoms with van der Waals surface area (Å²) >= 11 is 0. The Morgan fingerprint density at radius 3 is 2.68 bits per heavy atom. The number of amides is 1. The van der Waals surface area contributed by atoms with E-state index < -0.39 is 11.2 Å². The van der Waals surface area contributed by atoms with Crippen LogP contribution in [0.4, 0.5) is 0 Å². The number of carbonyl (C=O) groups is 1. The maximum absolute atomic E-state index is 11.7. The van der Waals surface area contributed by atoms with Gasteiger partial charge in [-0.1, -0.05) is 18.2 Å². The second-order valence-electron chi connectivity index (χ2n) is 4.64. The zero-order chi connectivity index (χ0) is 15.8. The van der Waals surface area contributed by atoms with Gasteiger partial charge in [0.15, 0.2) is 0 Å². The Labute approximate surface area is 126 Å². The minimum atomic E-state index is -0.571. The highest BCUT2D eigenvalue weighted by Gasteiger charge is 2.04. The van der Waals surface area contributed by atoms with Crippen molar-refractivity contribution in [3.8, 4) is 5.75 Å². The Morgan fingerprint density at radius 1 is 1.18 bits per heavy atom. The number of H-pyrrole nitrogens is 2. The normalized spacial score (nSPS) is 10.2. The van der Waals surface area contributed by atoms with Crippen molar-refractivity contribution in [2.75, 3.05) is 6.61 Å². The third-order valence-corrected chi connectivity index (χ3v) is 2.93. The van der Waals surface area contributed by atoms with Crippen LogP contribution in [-0.4, -0.2) is 22.5 Å². The summed E-state index contributed by atoms with van der Waals surface area (Å²) in [5.74, 6) is 0.588. The molecule has 0 saturated heterocycles. The van der Waals surface area contributed by atoms with Crippen LogP contribution in [0.3, 0.4) is 0 Å². The molecule has 1 heterocycles. The quantitative estimate of drug-likeness (QED) is 0.649. The first-order valence-corrected chi connectivity index (χ1v) is 6.90. The molecule has 0 aliphatic rings. The van der Waals surface area contributed by atoms with Gasteiger partial charge in [-0.2, -0.15) is 0 Å². The summed E-state index contributed by atoms with van der Waals surface area (Å²) in [5, 5.41) is 2.62. The van der Waals surface area contributed by atoms with Gasteiger partial charge >= 0.3 is 5.69 Å². The van der Waals surface area contributed by atoms with Gasteiger partial charge in [-0.05, 0) is 18.6 Å². The van der Waals surface area contributed by atoms with Crippen LogP contribution in [0.1, 0.15) is 18.4 Å². The van der Waals surface area contributed by atoms with Crippen LogP contribution < -0.4 is 21.3 Å². The van der Waals surface area contributed by atoms with Crippen LogP contribution in [0, 0.1) is 0 Å². The topological polar surface area (TPSA) is 104 Å². The first kappa shape index (κ1) is 15.6. The number of hydrogen-bond acceptors (Lipinski definition) is 4. The van der Waals surface area contributed by atoms with Crippen molar-refractivity contribution in [3.05, 3.63) is 62.9 Å². The standard InChI is InChI=1S/C15H17N3O4/c19-13(7-4-8-22-12-5-2-1-3-6-12)16-9-11-10-17-15(21)18-14(11)20/h1-3,5-6,10H,4,7-9H2,(H,16,19)(H2,17,18,20,21). The van der Waals surface area contributed by atoms with Crippen molar-refractivity contribution in [2.24, 2.45) is 0 Å². The third kappa shape index (κ3) is 4.93. The van der Waals surface area contributed by atoms with Gasteiger partial charge in [0.1, 0.15) is 5.75 Å². The lowest BCUT2D eigenvalue weighted by Gasteiger charge is -2.06. The molecule has 0 aliphatic carbocycles. The fourth-order valence-corrected chi connectivity index (χ4v) is 1.79. The average Bonchev–Trinajstić information content (AvgIpc) is 2.52. The molecule has 22 heavy (non-hydrogen) atoms. The molecule has 0 unspecified atom stereocenters. The fourth-order valence-electron chi connectivity index (χ4n) is 1.79. The first-order valence-electron chi connectivity index (χ1n) is 6.90. The second-order valence-corrected chi connectivity index (χ2v) is 4.64. The van der Waals surface area contributed by atoms with Crippen LogP contribution in [-0.2, 0) is 11.3 Å². The number of nitrogens with one attached hydrogen (secondary N) is 3. The predicted molar refractivity (Wildman–Crippen MR) is 80.7 cm³/mol. The van der Waals surface area contributed by atoms with Crippen molar-refractivity contribution in [2.45, 2.75) is 19.4 Å². The molecule has 1 aromatic heterocycles. The van der Waals surface area contributed by atoms with Gasteiger partial charge in [0.2, 0.25) is 5.91 Å². The lowest BCUT2D eigenvalue weighted by molar-refractivity contribution is -0.121. The number of benzene rings is 1. The smallest absolute Gasteiger partial charge is 0.325 e. The van der Waals surface area contributed by atoms with Crippen molar-refractivity contribution < 1.29 is 9.53 Å². The molecule has 7 heteroatoms. The minimum Gasteiger partial charge on any atom is -0.494 e. The number of hydrogen-bond donors (Lipinski definition) is 3. The summed E-state index contributed by atoms with van der Waals surface area (Å²) < 4.78 is 5.48. The molecule has 2 rings (SSSR count). The molecule has 0 saturated carbocycles. The highest BCUT2D eigenvalue weighted by Crippen LogP contribution is 2.08. The number of ether oxygens (including phenoxy) is 1. The van der Waals surface area contributed by atoms with Crippen LogP contribution in [0.25, 0.3) is 0 Å². The zero-order valence-electron chi connectivity index (χ0n) is 11.9. The molecule has 2 aromatic rings. The number of carbonyl (C=O) groups excluding carboxylic acids is 1. The van der Waals surface area contributed by atoms with Gasteiger partial charge in [-0.25, -0.2) is 4.79 Å². The molecule has 3 N–H and O–H groups in total. The Hall–Kier alpha value is -2.83. The SMILES string of the molecule is O=C(CCCOc1ccccc1)NCc1c[nH]c(=O)[nH]c1=O. The molecule has 0 bridgehead atoms. The fraction of sp³-hybridized carbons (Fsp3) is 0.267. The van der Waals surface area contributed by atoms with Gasteiger partial charge in [0.05, 0.1) is 12.2 Å². The summed E-state index contributed by atoms with van der Waals surface area (Å²) in [4.78, 5) is 38.4. The van der Waals surface area contributed by atoms with Crippen molar-refractivity contribution in [1.82, 2.24) is 15.3 Å². The monoisotopic (exact) mass is 303 g/mol. The average molecular weight is 303 g/mol.